The van der Waals surface area contributed by atoms with Crippen LogP contribution in [0.15, 0.2) is 59.5 Å². The quantitative estimate of drug-likeness (QED) is 0.693. The van der Waals surface area contributed by atoms with E-state index in [-0.39, 0.29) is 29.2 Å². The molecule has 0 aliphatic carbocycles. The fourth-order valence-electron chi connectivity index (χ4n) is 3.32. The van der Waals surface area contributed by atoms with E-state index < -0.39 is 10.0 Å². The van der Waals surface area contributed by atoms with Crippen LogP contribution in [0.2, 0.25) is 0 Å². The van der Waals surface area contributed by atoms with Crippen LogP contribution in [0.25, 0.3) is 0 Å². The number of rotatable bonds is 6. The van der Waals surface area contributed by atoms with Crippen LogP contribution < -0.4 is 10.0 Å². The van der Waals surface area contributed by atoms with Crippen LogP contribution in [-0.2, 0) is 14.8 Å². The maximum atomic E-state index is 12.9. The van der Waals surface area contributed by atoms with Gasteiger partial charge < -0.3 is 10.2 Å². The molecule has 1 aliphatic heterocycles. The summed E-state index contributed by atoms with van der Waals surface area (Å²) in [5.74, 6) is 1.57. The molecule has 0 saturated carbocycles. The molecule has 7 nitrogen and oxygen atoms in total. The van der Waals surface area contributed by atoms with Crippen molar-refractivity contribution < 1.29 is 18.0 Å². The Morgan fingerprint density at radius 3 is 2.47 bits per heavy atom. The summed E-state index contributed by atoms with van der Waals surface area (Å²) in [6, 6.07) is 14.9. The van der Waals surface area contributed by atoms with Crippen LogP contribution in [0.3, 0.4) is 0 Å². The lowest BCUT2D eigenvalue weighted by Crippen LogP contribution is -2.43. The molecule has 3 rings (SSSR count). The zero-order chi connectivity index (χ0) is 21.6. The Morgan fingerprint density at radius 2 is 1.80 bits per heavy atom. The minimum atomic E-state index is -3.71. The Kier molecular flexibility index (Phi) is 6.87. The smallest absolute Gasteiger partial charge is 0.253 e. The Balaban J connectivity index is 1.65. The molecule has 2 aromatic carbocycles. The molecule has 0 spiro atoms. The molecule has 30 heavy (non-hydrogen) atoms. The molecule has 1 fully saturated rings. The van der Waals surface area contributed by atoms with Crippen LogP contribution in [0, 0.1) is 18.3 Å². The van der Waals surface area contributed by atoms with Crippen LogP contribution in [0.5, 0.6) is 0 Å². The van der Waals surface area contributed by atoms with Gasteiger partial charge >= 0.3 is 0 Å². The maximum absolute atomic E-state index is 12.9. The number of carbonyl (C=O) groups is 2. The number of terminal acetylenes is 1. The monoisotopic (exact) mass is 425 g/mol. The molecular weight excluding hydrogens is 402 g/mol. The van der Waals surface area contributed by atoms with Gasteiger partial charge in [0.25, 0.3) is 5.91 Å². The number of nitrogens with zero attached hydrogens (tertiary/aromatic N) is 1. The second-order valence-corrected chi connectivity index (χ2v) is 8.77. The molecule has 2 N–H and O–H groups in total. The number of piperidine rings is 1. The molecule has 0 aromatic heterocycles. The molecule has 0 radical (unpaired) electrons. The van der Waals surface area contributed by atoms with Crippen molar-refractivity contribution in [2.24, 2.45) is 5.92 Å². The van der Waals surface area contributed by atoms with Gasteiger partial charge in [-0.3, -0.25) is 9.59 Å². The van der Waals surface area contributed by atoms with Gasteiger partial charge in [-0.05, 0) is 49.2 Å². The van der Waals surface area contributed by atoms with Crippen molar-refractivity contribution >= 4 is 27.5 Å². The van der Waals surface area contributed by atoms with E-state index in [1.165, 1.54) is 24.3 Å². The number of hydrogen-bond donors (Lipinski definition) is 2. The highest BCUT2D eigenvalue weighted by molar-refractivity contribution is 7.89. The normalized spacial score (nSPS) is 16.5. The summed E-state index contributed by atoms with van der Waals surface area (Å²) < 4.78 is 26.5. The zero-order valence-corrected chi connectivity index (χ0v) is 17.2. The minimum Gasteiger partial charge on any atom is -0.338 e. The predicted octanol–water partition coefficient (Wildman–Crippen LogP) is 2.09. The highest BCUT2D eigenvalue weighted by atomic mass is 32.2. The minimum absolute atomic E-state index is 0.0352. The van der Waals surface area contributed by atoms with Gasteiger partial charge in [-0.2, -0.15) is 4.72 Å². The Labute approximate surface area is 176 Å². The first-order valence-electron chi connectivity index (χ1n) is 9.59. The number of sulfonamides is 1. The summed E-state index contributed by atoms with van der Waals surface area (Å²) in [6.45, 7) is 0.766. The fraction of sp³-hybridized carbons (Fsp3) is 0.273. The average Bonchev–Trinajstić information content (AvgIpc) is 2.78. The SMILES string of the molecule is C#CCNS(=O)(=O)c1ccc(C(=O)N2CCCC(C(=O)Nc3ccccc3)C2)cc1. The van der Waals surface area contributed by atoms with Crippen LogP contribution in [0.4, 0.5) is 5.69 Å². The van der Waals surface area contributed by atoms with Crippen LogP contribution in [0.1, 0.15) is 23.2 Å². The number of amides is 2. The number of likely N-dealkylation sites (tertiary alicyclic amines) is 1. The number of nitrogens with one attached hydrogen (secondary N) is 2. The first kappa shape index (κ1) is 21.6. The summed E-state index contributed by atoms with van der Waals surface area (Å²) in [4.78, 5) is 27.1. The van der Waals surface area contributed by atoms with E-state index in [4.69, 9.17) is 6.42 Å². The lowest BCUT2D eigenvalue weighted by molar-refractivity contribution is -0.121. The summed E-state index contributed by atoms with van der Waals surface area (Å²) in [7, 11) is -3.71. The molecule has 156 valence electrons. The molecule has 2 amide bonds. The molecule has 1 unspecified atom stereocenters. The number of benzene rings is 2. The largest absolute Gasteiger partial charge is 0.338 e. The second-order valence-electron chi connectivity index (χ2n) is 7.00. The van der Waals surface area contributed by atoms with Gasteiger partial charge in [0, 0.05) is 24.3 Å². The lowest BCUT2D eigenvalue weighted by atomic mass is 9.96. The van der Waals surface area contributed by atoms with E-state index >= 15 is 0 Å². The molecule has 2 aromatic rings. The molecule has 1 heterocycles. The van der Waals surface area contributed by atoms with Crippen molar-refractivity contribution in [3.63, 3.8) is 0 Å². The van der Waals surface area contributed by atoms with Crippen molar-refractivity contribution in [3.05, 3.63) is 60.2 Å². The molecule has 1 aliphatic rings. The maximum Gasteiger partial charge on any atom is 0.253 e. The molecule has 1 atom stereocenters. The Morgan fingerprint density at radius 1 is 1.10 bits per heavy atom. The fourth-order valence-corrected chi connectivity index (χ4v) is 4.26. The zero-order valence-electron chi connectivity index (χ0n) is 16.4. The first-order valence-corrected chi connectivity index (χ1v) is 11.1. The van der Waals surface area contributed by atoms with E-state index in [1.807, 2.05) is 30.3 Å². The number of anilines is 1. The van der Waals surface area contributed by atoms with Gasteiger partial charge in [-0.1, -0.05) is 24.1 Å². The summed E-state index contributed by atoms with van der Waals surface area (Å²) in [5, 5.41) is 2.89. The Hall–Kier alpha value is -3.15. The van der Waals surface area contributed by atoms with Gasteiger partial charge in [-0.25, -0.2) is 8.42 Å². The average molecular weight is 426 g/mol. The highest BCUT2D eigenvalue weighted by Crippen LogP contribution is 2.21. The van der Waals surface area contributed by atoms with E-state index in [0.29, 0.717) is 25.1 Å². The van der Waals surface area contributed by atoms with Crippen LogP contribution >= 0.6 is 0 Å². The highest BCUT2D eigenvalue weighted by Gasteiger charge is 2.29. The molecule has 0 bridgehead atoms. The number of hydrogen-bond acceptors (Lipinski definition) is 4. The molecule has 1 saturated heterocycles. The summed E-state index contributed by atoms with van der Waals surface area (Å²) in [6.07, 6.45) is 6.51. The number of para-hydroxylation sites is 1. The van der Waals surface area contributed by atoms with Gasteiger partial charge in [0.1, 0.15) is 0 Å². The van der Waals surface area contributed by atoms with Gasteiger partial charge in [-0.15, -0.1) is 6.42 Å². The van der Waals surface area contributed by atoms with Gasteiger partial charge in [0.05, 0.1) is 17.4 Å². The molecule has 8 heteroatoms. The molecular formula is C22H23N3O4S. The number of carbonyl (C=O) groups excluding carboxylic acids is 2. The van der Waals surface area contributed by atoms with E-state index in [9.17, 15) is 18.0 Å². The predicted molar refractivity (Wildman–Crippen MR) is 114 cm³/mol. The topological polar surface area (TPSA) is 95.6 Å². The first-order chi connectivity index (χ1) is 14.4. The van der Waals surface area contributed by atoms with Crippen molar-refractivity contribution in [2.45, 2.75) is 17.7 Å². The third-order valence-corrected chi connectivity index (χ3v) is 6.31. The lowest BCUT2D eigenvalue weighted by Gasteiger charge is -2.32. The van der Waals surface area contributed by atoms with Gasteiger partial charge in [0.2, 0.25) is 15.9 Å². The second kappa shape index (κ2) is 9.57. The van der Waals surface area contributed by atoms with Crippen LogP contribution in [-0.4, -0.2) is 44.8 Å². The van der Waals surface area contributed by atoms with Crippen molar-refractivity contribution in [3.8, 4) is 12.3 Å². The standard InChI is InChI=1S/C22H23N3O4S/c1-2-14-23-30(28,29)20-12-10-17(11-13-20)22(27)25-15-6-7-18(16-25)21(26)24-19-8-4-3-5-9-19/h1,3-5,8-13,18,23H,6-7,14-16H2,(H,24,26). The third-order valence-electron chi connectivity index (χ3n) is 4.90. The van der Waals surface area contributed by atoms with Crippen molar-refractivity contribution in [1.82, 2.24) is 9.62 Å². The van der Waals surface area contributed by atoms with Crippen molar-refractivity contribution in [1.29, 1.82) is 0 Å². The van der Waals surface area contributed by atoms with E-state index in [1.54, 1.807) is 4.90 Å². The van der Waals surface area contributed by atoms with Gasteiger partial charge in [0.15, 0.2) is 0 Å². The Bertz CT molecular complexity index is 1040. The van der Waals surface area contributed by atoms with Crippen molar-refractivity contribution in [2.75, 3.05) is 25.0 Å². The van der Waals surface area contributed by atoms with E-state index in [0.717, 1.165) is 12.1 Å². The summed E-state index contributed by atoms with van der Waals surface area (Å²) in [5.41, 5.74) is 1.09. The third kappa shape index (κ3) is 5.26. The summed E-state index contributed by atoms with van der Waals surface area (Å²) >= 11 is 0. The van der Waals surface area contributed by atoms with E-state index in [2.05, 4.69) is 16.0 Å².